The second-order valence-electron chi connectivity index (χ2n) is 5.12. The number of nitrogens with zero attached hydrogens (tertiary/aromatic N) is 1. The molecule has 0 radical (unpaired) electrons. The zero-order valence-electron chi connectivity index (χ0n) is 12.9. The fourth-order valence-corrected chi connectivity index (χ4v) is 2.80. The molecule has 1 amide bonds. The van der Waals surface area contributed by atoms with Gasteiger partial charge in [-0.05, 0) is 11.6 Å². The summed E-state index contributed by atoms with van der Waals surface area (Å²) in [5.41, 5.74) is 1.80. The lowest BCUT2D eigenvalue weighted by Crippen LogP contribution is -2.30. The van der Waals surface area contributed by atoms with Crippen molar-refractivity contribution in [1.82, 2.24) is 10.3 Å². The Labute approximate surface area is 138 Å². The minimum atomic E-state index is -1.04. The molecule has 2 N–H and O–H groups in total. The lowest BCUT2D eigenvalue weighted by Gasteiger charge is -2.11. The predicted molar refractivity (Wildman–Crippen MR) is 87.4 cm³/mol. The first-order valence-electron chi connectivity index (χ1n) is 7.06. The Hall–Kier alpha value is -2.25. The van der Waals surface area contributed by atoms with Gasteiger partial charge in [-0.15, -0.1) is 11.3 Å². The molecule has 0 aliphatic carbocycles. The quantitative estimate of drug-likeness (QED) is 0.812. The Morgan fingerprint density at radius 2 is 2.22 bits per heavy atom. The van der Waals surface area contributed by atoms with Crippen molar-refractivity contribution >= 4 is 23.2 Å². The molecule has 1 aromatic carbocycles. The third-order valence-corrected chi connectivity index (χ3v) is 4.12. The number of carbonyl (C=O) groups is 2. The first-order chi connectivity index (χ1) is 11.0. The van der Waals surface area contributed by atoms with E-state index in [-0.39, 0.29) is 17.5 Å². The molecule has 1 aromatic heterocycles. The molecule has 1 unspecified atom stereocenters. The van der Waals surface area contributed by atoms with Crippen LogP contribution in [0.1, 0.15) is 23.0 Å². The SMILES string of the molecule is COCC(C)C(=O)NCc1cccc(-c2nc(C(=O)O)cs2)c1. The number of hydrogen-bond donors (Lipinski definition) is 2. The summed E-state index contributed by atoms with van der Waals surface area (Å²) in [4.78, 5) is 26.9. The molecule has 0 saturated carbocycles. The monoisotopic (exact) mass is 334 g/mol. The van der Waals surface area contributed by atoms with Crippen molar-refractivity contribution in [1.29, 1.82) is 0 Å². The van der Waals surface area contributed by atoms with E-state index in [2.05, 4.69) is 10.3 Å². The van der Waals surface area contributed by atoms with E-state index in [1.807, 2.05) is 24.3 Å². The zero-order valence-corrected chi connectivity index (χ0v) is 13.7. The minimum Gasteiger partial charge on any atom is -0.476 e. The highest BCUT2D eigenvalue weighted by molar-refractivity contribution is 7.13. The molecule has 122 valence electrons. The van der Waals surface area contributed by atoms with E-state index in [0.29, 0.717) is 18.2 Å². The zero-order chi connectivity index (χ0) is 16.8. The van der Waals surface area contributed by atoms with Gasteiger partial charge in [0.25, 0.3) is 0 Å². The summed E-state index contributed by atoms with van der Waals surface area (Å²) in [6.07, 6.45) is 0. The molecule has 0 aliphatic heterocycles. The van der Waals surface area contributed by atoms with Gasteiger partial charge in [-0.1, -0.05) is 25.1 Å². The second kappa shape index (κ2) is 7.85. The molecule has 0 aliphatic rings. The predicted octanol–water partition coefficient (Wildman–Crippen LogP) is 2.41. The average molecular weight is 334 g/mol. The molecule has 7 heteroatoms. The Bertz CT molecular complexity index is 699. The summed E-state index contributed by atoms with van der Waals surface area (Å²) >= 11 is 1.28. The molecule has 2 rings (SSSR count). The molecule has 23 heavy (non-hydrogen) atoms. The summed E-state index contributed by atoms with van der Waals surface area (Å²) in [6.45, 7) is 2.58. The van der Waals surface area contributed by atoms with Gasteiger partial charge in [-0.25, -0.2) is 9.78 Å². The van der Waals surface area contributed by atoms with Crippen LogP contribution in [0.25, 0.3) is 10.6 Å². The Balaban J connectivity index is 2.04. The number of carbonyl (C=O) groups excluding carboxylic acids is 1. The van der Waals surface area contributed by atoms with Crippen LogP contribution < -0.4 is 5.32 Å². The van der Waals surface area contributed by atoms with E-state index >= 15 is 0 Å². The van der Waals surface area contributed by atoms with Crippen molar-refractivity contribution < 1.29 is 19.4 Å². The molecule has 0 spiro atoms. The second-order valence-corrected chi connectivity index (χ2v) is 5.98. The minimum absolute atomic E-state index is 0.0390. The summed E-state index contributed by atoms with van der Waals surface area (Å²) in [7, 11) is 1.56. The van der Waals surface area contributed by atoms with E-state index in [4.69, 9.17) is 9.84 Å². The van der Waals surface area contributed by atoms with Crippen LogP contribution in [0.5, 0.6) is 0 Å². The van der Waals surface area contributed by atoms with E-state index < -0.39 is 5.97 Å². The molecule has 0 saturated heterocycles. The maximum atomic E-state index is 11.9. The molecule has 2 aromatic rings. The summed E-state index contributed by atoms with van der Waals surface area (Å²) < 4.78 is 4.96. The Kier molecular flexibility index (Phi) is 5.84. The fourth-order valence-electron chi connectivity index (χ4n) is 2.01. The van der Waals surface area contributed by atoms with Gasteiger partial charge in [0, 0.05) is 24.6 Å². The highest BCUT2D eigenvalue weighted by Gasteiger charge is 2.13. The number of aromatic nitrogens is 1. The normalized spacial score (nSPS) is 11.9. The maximum Gasteiger partial charge on any atom is 0.355 e. The van der Waals surface area contributed by atoms with Gasteiger partial charge >= 0.3 is 5.97 Å². The van der Waals surface area contributed by atoms with E-state index in [0.717, 1.165) is 11.1 Å². The molecule has 0 fully saturated rings. The smallest absolute Gasteiger partial charge is 0.355 e. The number of carboxylic acid groups (broad SMARTS) is 1. The summed E-state index contributed by atoms with van der Waals surface area (Å²) in [6, 6.07) is 7.52. The van der Waals surface area contributed by atoms with Crippen molar-refractivity contribution in [2.75, 3.05) is 13.7 Å². The summed E-state index contributed by atoms with van der Waals surface area (Å²) in [5, 5.41) is 13.9. The number of amides is 1. The largest absolute Gasteiger partial charge is 0.476 e. The van der Waals surface area contributed by atoms with Gasteiger partial charge < -0.3 is 15.2 Å². The fraction of sp³-hybridized carbons (Fsp3) is 0.312. The van der Waals surface area contributed by atoms with Crippen LogP contribution in [0.2, 0.25) is 0 Å². The van der Waals surface area contributed by atoms with Gasteiger partial charge in [0.05, 0.1) is 12.5 Å². The number of hydrogen-bond acceptors (Lipinski definition) is 5. The summed E-state index contributed by atoms with van der Waals surface area (Å²) in [5.74, 6) is -1.32. The van der Waals surface area contributed by atoms with Crippen molar-refractivity contribution in [3.05, 3.63) is 40.9 Å². The molecule has 0 bridgehead atoms. The standard InChI is InChI=1S/C16H18N2O4S/c1-10(8-22-2)14(19)17-7-11-4-3-5-12(6-11)15-18-13(9-23-15)16(20)21/h3-6,9-10H,7-8H2,1-2H3,(H,17,19)(H,20,21). The molecular formula is C16H18N2O4S. The molecule has 1 atom stereocenters. The number of methoxy groups -OCH3 is 1. The Morgan fingerprint density at radius 1 is 1.43 bits per heavy atom. The van der Waals surface area contributed by atoms with Crippen LogP contribution in [-0.4, -0.2) is 35.7 Å². The number of aromatic carboxylic acids is 1. The van der Waals surface area contributed by atoms with Crippen LogP contribution in [0.15, 0.2) is 29.6 Å². The first kappa shape index (κ1) is 17.1. The van der Waals surface area contributed by atoms with Gasteiger partial charge in [0.15, 0.2) is 5.69 Å². The van der Waals surface area contributed by atoms with Crippen LogP contribution in [0.3, 0.4) is 0 Å². The van der Waals surface area contributed by atoms with Gasteiger partial charge in [-0.3, -0.25) is 4.79 Å². The van der Waals surface area contributed by atoms with Crippen molar-refractivity contribution in [3.63, 3.8) is 0 Å². The highest BCUT2D eigenvalue weighted by Crippen LogP contribution is 2.24. The van der Waals surface area contributed by atoms with Crippen LogP contribution in [0, 0.1) is 5.92 Å². The van der Waals surface area contributed by atoms with Crippen molar-refractivity contribution in [3.8, 4) is 10.6 Å². The topological polar surface area (TPSA) is 88.5 Å². The lowest BCUT2D eigenvalue weighted by molar-refractivity contribution is -0.126. The third-order valence-electron chi connectivity index (χ3n) is 3.23. The maximum absolute atomic E-state index is 11.9. The molecule has 1 heterocycles. The number of ether oxygens (including phenoxy) is 1. The number of thiazole rings is 1. The lowest BCUT2D eigenvalue weighted by atomic mass is 10.1. The van der Waals surface area contributed by atoms with Crippen LogP contribution in [0.4, 0.5) is 0 Å². The first-order valence-corrected chi connectivity index (χ1v) is 7.94. The Morgan fingerprint density at radius 3 is 2.87 bits per heavy atom. The van der Waals surface area contributed by atoms with E-state index in [1.54, 1.807) is 14.0 Å². The average Bonchev–Trinajstić information content (AvgIpc) is 3.03. The molecule has 6 nitrogen and oxygen atoms in total. The third kappa shape index (κ3) is 4.61. The number of benzene rings is 1. The van der Waals surface area contributed by atoms with Crippen LogP contribution in [-0.2, 0) is 16.1 Å². The van der Waals surface area contributed by atoms with Gasteiger partial charge in [0.2, 0.25) is 5.91 Å². The van der Waals surface area contributed by atoms with Gasteiger partial charge in [0.1, 0.15) is 5.01 Å². The van der Waals surface area contributed by atoms with Crippen LogP contribution >= 0.6 is 11.3 Å². The highest BCUT2D eigenvalue weighted by atomic mass is 32.1. The molecular weight excluding hydrogens is 316 g/mol. The van der Waals surface area contributed by atoms with E-state index in [9.17, 15) is 9.59 Å². The number of rotatable bonds is 7. The number of nitrogens with one attached hydrogen (secondary N) is 1. The van der Waals surface area contributed by atoms with Crippen molar-refractivity contribution in [2.24, 2.45) is 5.92 Å². The van der Waals surface area contributed by atoms with E-state index in [1.165, 1.54) is 16.7 Å². The number of carboxylic acids is 1. The van der Waals surface area contributed by atoms with Crippen molar-refractivity contribution in [2.45, 2.75) is 13.5 Å². The van der Waals surface area contributed by atoms with Gasteiger partial charge in [-0.2, -0.15) is 0 Å².